The molecule has 0 saturated heterocycles. The van der Waals surface area contributed by atoms with Crippen molar-refractivity contribution in [1.29, 1.82) is 0 Å². The highest BCUT2D eigenvalue weighted by atomic mass is 79.9. The molecule has 13 heavy (non-hydrogen) atoms. The number of nitrogens with zero attached hydrogens (tertiary/aromatic N) is 2. The lowest BCUT2D eigenvalue weighted by Crippen LogP contribution is -1.96. The number of aryl methyl sites for hydroxylation is 1. The lowest BCUT2D eigenvalue weighted by Gasteiger charge is -2.01. The van der Waals surface area contributed by atoms with E-state index in [2.05, 4.69) is 53.7 Å². The molecule has 0 spiro atoms. The molecule has 0 atom stereocenters. The smallest absolute Gasteiger partial charge is 0.108 e. The molecule has 2 nitrogen and oxygen atoms in total. The van der Waals surface area contributed by atoms with Crippen LogP contribution in [-0.2, 0) is 6.54 Å². The molecule has 68 valence electrons. The first-order valence-electron chi connectivity index (χ1n) is 3.97. The van der Waals surface area contributed by atoms with Crippen molar-refractivity contribution < 1.29 is 0 Å². The van der Waals surface area contributed by atoms with Gasteiger partial charge in [0.25, 0.3) is 0 Å². The van der Waals surface area contributed by atoms with Crippen molar-refractivity contribution in [2.24, 2.45) is 0 Å². The van der Waals surface area contributed by atoms with Crippen LogP contribution in [-0.4, -0.2) is 14.9 Å². The molecule has 0 fully saturated rings. The van der Waals surface area contributed by atoms with Crippen molar-refractivity contribution in [3.63, 3.8) is 0 Å². The highest BCUT2D eigenvalue weighted by Crippen LogP contribution is 2.18. The highest BCUT2D eigenvalue weighted by molar-refractivity contribution is 9.10. The normalized spacial score (nSPS) is 10.9. The van der Waals surface area contributed by atoms with Crippen LogP contribution in [0.25, 0.3) is 10.9 Å². The topological polar surface area (TPSA) is 17.8 Å². The van der Waals surface area contributed by atoms with Gasteiger partial charge in [0, 0.05) is 29.7 Å². The first-order valence-corrected chi connectivity index (χ1v) is 5.89. The van der Waals surface area contributed by atoms with Gasteiger partial charge in [-0.25, -0.2) is 4.98 Å². The zero-order valence-corrected chi connectivity index (χ0v) is 10.0. The Labute approximate surface area is 93.2 Å². The summed E-state index contributed by atoms with van der Waals surface area (Å²) in [5.41, 5.74) is 1.22. The molecule has 0 amide bonds. The van der Waals surface area contributed by atoms with Crippen LogP contribution in [0.1, 0.15) is 0 Å². The molecule has 0 aliphatic rings. The summed E-state index contributed by atoms with van der Waals surface area (Å²) in [4.78, 5) is 4.17. The van der Waals surface area contributed by atoms with Crippen LogP contribution in [0, 0.1) is 0 Å². The summed E-state index contributed by atoms with van der Waals surface area (Å²) in [5.74, 6) is 0. The third kappa shape index (κ3) is 1.79. The van der Waals surface area contributed by atoms with Gasteiger partial charge in [-0.15, -0.1) is 0 Å². The predicted octanol–water partition coefficient (Wildman–Crippen LogP) is 3.19. The highest BCUT2D eigenvalue weighted by Gasteiger charge is 2.00. The molecule has 0 aliphatic heterocycles. The molecule has 2 heterocycles. The van der Waals surface area contributed by atoms with E-state index in [0.717, 1.165) is 16.5 Å². The van der Waals surface area contributed by atoms with Crippen LogP contribution >= 0.6 is 31.9 Å². The minimum Gasteiger partial charge on any atom is -0.347 e. The van der Waals surface area contributed by atoms with Gasteiger partial charge in [-0.05, 0) is 28.1 Å². The Balaban J connectivity index is 2.58. The van der Waals surface area contributed by atoms with Crippen molar-refractivity contribution in [2.75, 3.05) is 5.33 Å². The van der Waals surface area contributed by atoms with Gasteiger partial charge in [0.1, 0.15) is 4.60 Å². The number of alkyl halides is 1. The fraction of sp³-hybridized carbons (Fsp3) is 0.222. The minimum atomic E-state index is 0.884. The molecule has 0 saturated carbocycles. The van der Waals surface area contributed by atoms with Gasteiger partial charge in [0.2, 0.25) is 0 Å². The fourth-order valence-electron chi connectivity index (χ4n) is 1.34. The maximum absolute atomic E-state index is 4.17. The second kappa shape index (κ2) is 3.80. The Morgan fingerprint density at radius 2 is 2.31 bits per heavy atom. The van der Waals surface area contributed by atoms with E-state index in [1.807, 2.05) is 12.3 Å². The molecule has 0 aliphatic carbocycles. The zero-order chi connectivity index (χ0) is 9.26. The van der Waals surface area contributed by atoms with E-state index in [1.54, 1.807) is 0 Å². The maximum atomic E-state index is 4.17. The van der Waals surface area contributed by atoms with Crippen molar-refractivity contribution in [3.8, 4) is 0 Å². The van der Waals surface area contributed by atoms with E-state index >= 15 is 0 Å². The summed E-state index contributed by atoms with van der Waals surface area (Å²) in [6.07, 6.45) is 3.96. The number of aromatic nitrogens is 2. The largest absolute Gasteiger partial charge is 0.347 e. The van der Waals surface area contributed by atoms with Crippen LogP contribution in [0.3, 0.4) is 0 Å². The van der Waals surface area contributed by atoms with Crippen LogP contribution in [0.5, 0.6) is 0 Å². The summed E-state index contributed by atoms with van der Waals surface area (Å²) >= 11 is 6.79. The molecule has 0 N–H and O–H groups in total. The van der Waals surface area contributed by atoms with E-state index < -0.39 is 0 Å². The Morgan fingerprint density at radius 3 is 3.08 bits per heavy atom. The number of halogens is 2. The van der Waals surface area contributed by atoms with Crippen molar-refractivity contribution in [3.05, 3.63) is 29.1 Å². The molecule has 0 radical (unpaired) electrons. The van der Waals surface area contributed by atoms with Gasteiger partial charge in [0.15, 0.2) is 0 Å². The molecule has 2 aromatic rings. The van der Waals surface area contributed by atoms with Crippen LogP contribution < -0.4 is 0 Å². The Kier molecular flexibility index (Phi) is 2.69. The summed E-state index contributed by atoms with van der Waals surface area (Å²) in [6.45, 7) is 0.986. The van der Waals surface area contributed by atoms with Gasteiger partial charge in [-0.2, -0.15) is 0 Å². The molecule has 4 heteroatoms. The first kappa shape index (κ1) is 9.21. The monoisotopic (exact) mass is 302 g/mol. The standard InChI is InChI=1S/C9H8Br2N2/c10-2-4-13-3-1-7-6-12-9(11)5-8(7)13/h1,3,5-6H,2,4H2. The third-order valence-electron chi connectivity index (χ3n) is 1.95. The van der Waals surface area contributed by atoms with E-state index in [-0.39, 0.29) is 0 Å². The number of fused-ring (bicyclic) bond motifs is 1. The molecule has 2 rings (SSSR count). The van der Waals surface area contributed by atoms with Gasteiger partial charge in [0.05, 0.1) is 5.52 Å². The molecule has 0 bridgehead atoms. The maximum Gasteiger partial charge on any atom is 0.108 e. The summed E-state index contributed by atoms with van der Waals surface area (Å²) in [5, 5.41) is 2.15. The number of pyridine rings is 1. The van der Waals surface area contributed by atoms with Crippen molar-refractivity contribution in [1.82, 2.24) is 9.55 Å². The molecular formula is C9H8Br2N2. The SMILES string of the molecule is BrCCn1ccc2cnc(Br)cc21. The number of hydrogen-bond acceptors (Lipinski definition) is 1. The quantitative estimate of drug-likeness (QED) is 0.615. The Morgan fingerprint density at radius 1 is 1.46 bits per heavy atom. The molecule has 0 aromatic carbocycles. The van der Waals surface area contributed by atoms with E-state index in [0.29, 0.717) is 0 Å². The second-order valence-corrected chi connectivity index (χ2v) is 4.37. The lowest BCUT2D eigenvalue weighted by molar-refractivity contribution is 0.811. The molecule has 2 aromatic heterocycles. The van der Waals surface area contributed by atoms with Crippen LogP contribution in [0.2, 0.25) is 0 Å². The van der Waals surface area contributed by atoms with Crippen LogP contribution in [0.4, 0.5) is 0 Å². The summed E-state index contributed by atoms with van der Waals surface area (Å²) in [7, 11) is 0. The zero-order valence-electron chi connectivity index (χ0n) is 6.87. The Bertz CT molecular complexity index is 422. The van der Waals surface area contributed by atoms with Gasteiger partial charge >= 0.3 is 0 Å². The molecule has 0 unspecified atom stereocenters. The molecular weight excluding hydrogens is 296 g/mol. The average molecular weight is 304 g/mol. The fourth-order valence-corrected chi connectivity index (χ4v) is 2.05. The minimum absolute atomic E-state index is 0.884. The average Bonchev–Trinajstić information content (AvgIpc) is 2.49. The van der Waals surface area contributed by atoms with Crippen molar-refractivity contribution in [2.45, 2.75) is 6.54 Å². The van der Waals surface area contributed by atoms with E-state index in [4.69, 9.17) is 0 Å². The second-order valence-electron chi connectivity index (χ2n) is 2.76. The summed E-state index contributed by atoms with van der Waals surface area (Å²) in [6, 6.07) is 4.12. The van der Waals surface area contributed by atoms with E-state index in [1.165, 1.54) is 10.9 Å². The van der Waals surface area contributed by atoms with E-state index in [9.17, 15) is 0 Å². The van der Waals surface area contributed by atoms with Crippen molar-refractivity contribution >= 4 is 42.8 Å². The van der Waals surface area contributed by atoms with Gasteiger partial charge in [-0.3, -0.25) is 0 Å². The van der Waals surface area contributed by atoms with Gasteiger partial charge < -0.3 is 4.57 Å². The first-order chi connectivity index (χ1) is 6.31. The predicted molar refractivity (Wildman–Crippen MR) is 61.2 cm³/mol. The lowest BCUT2D eigenvalue weighted by atomic mass is 10.3. The number of hydrogen-bond donors (Lipinski definition) is 0. The van der Waals surface area contributed by atoms with Crippen LogP contribution in [0.15, 0.2) is 29.1 Å². The third-order valence-corrected chi connectivity index (χ3v) is 2.74. The Hall–Kier alpha value is -0.350. The van der Waals surface area contributed by atoms with Gasteiger partial charge in [-0.1, -0.05) is 15.9 Å². The summed E-state index contributed by atoms with van der Waals surface area (Å²) < 4.78 is 3.09. The number of rotatable bonds is 2.